The fourth-order valence-corrected chi connectivity index (χ4v) is 1.40. The highest BCUT2D eigenvalue weighted by molar-refractivity contribution is 9.10. The Hall–Kier alpha value is -0.620. The molecule has 0 aliphatic heterocycles. The van der Waals surface area contributed by atoms with Crippen LogP contribution in [0, 0.1) is 0 Å². The smallest absolute Gasteiger partial charge is 0.240 e. The lowest BCUT2D eigenvalue weighted by molar-refractivity contribution is 0.0111. The molecule has 0 spiro atoms. The third kappa shape index (κ3) is 2.95. The van der Waals surface area contributed by atoms with Crippen molar-refractivity contribution in [3.63, 3.8) is 0 Å². The van der Waals surface area contributed by atoms with E-state index in [9.17, 15) is 0 Å². The van der Waals surface area contributed by atoms with E-state index in [-0.39, 0.29) is 11.5 Å². The summed E-state index contributed by atoms with van der Waals surface area (Å²) >= 11 is 3.28. The van der Waals surface area contributed by atoms with Gasteiger partial charge in [0.2, 0.25) is 5.95 Å². The minimum Gasteiger partial charge on any atom is -0.379 e. The highest BCUT2D eigenvalue weighted by atomic mass is 79.9. The minimum absolute atomic E-state index is 0.153. The van der Waals surface area contributed by atoms with Gasteiger partial charge < -0.3 is 10.5 Å². The Kier molecular flexibility index (Phi) is 3.49. The van der Waals surface area contributed by atoms with Gasteiger partial charge in [-0.1, -0.05) is 0 Å². The molecule has 0 radical (unpaired) electrons. The van der Waals surface area contributed by atoms with E-state index in [1.165, 1.54) is 0 Å². The van der Waals surface area contributed by atoms with Gasteiger partial charge in [0.1, 0.15) is 0 Å². The lowest BCUT2D eigenvalue weighted by Crippen LogP contribution is -2.24. The second-order valence-corrected chi connectivity index (χ2v) is 4.39. The van der Waals surface area contributed by atoms with Crippen LogP contribution in [-0.2, 0) is 11.3 Å². The van der Waals surface area contributed by atoms with Crippen LogP contribution in [0.5, 0.6) is 0 Å². The normalized spacial score (nSPS) is 12.0. The Morgan fingerprint density at radius 3 is 2.64 bits per heavy atom. The van der Waals surface area contributed by atoms with E-state index in [1.54, 1.807) is 11.8 Å². The minimum atomic E-state index is -0.153. The van der Waals surface area contributed by atoms with Gasteiger partial charge in [-0.05, 0) is 36.2 Å². The number of nitrogens with zero attached hydrogens (tertiary/aromatic N) is 3. The van der Waals surface area contributed by atoms with E-state index in [0.29, 0.717) is 4.73 Å². The molecular formula is C8H15BrN4O. The largest absolute Gasteiger partial charge is 0.379 e. The van der Waals surface area contributed by atoms with Crippen molar-refractivity contribution in [3.05, 3.63) is 4.73 Å². The Bertz CT molecular complexity index is 310. The predicted octanol–water partition coefficient (Wildman–Crippen LogP) is 1.44. The molecule has 80 valence electrons. The molecule has 1 aromatic heterocycles. The summed E-state index contributed by atoms with van der Waals surface area (Å²) in [7, 11) is 1.70. The van der Waals surface area contributed by atoms with Gasteiger partial charge in [-0.15, -0.1) is 5.10 Å². The fourth-order valence-electron chi connectivity index (χ4n) is 0.959. The number of aryl methyl sites for hydroxylation is 1. The number of hydrogen-bond donors (Lipinski definition) is 1. The number of halogens is 1. The quantitative estimate of drug-likeness (QED) is 0.892. The van der Waals surface area contributed by atoms with Crippen molar-refractivity contribution >= 4 is 21.9 Å². The van der Waals surface area contributed by atoms with E-state index in [4.69, 9.17) is 10.5 Å². The van der Waals surface area contributed by atoms with Crippen molar-refractivity contribution in [3.8, 4) is 0 Å². The van der Waals surface area contributed by atoms with Crippen molar-refractivity contribution in [1.29, 1.82) is 0 Å². The summed E-state index contributed by atoms with van der Waals surface area (Å²) in [5.41, 5.74) is 5.29. The summed E-state index contributed by atoms with van der Waals surface area (Å²) in [6.07, 6.45) is 0.852. The zero-order chi connectivity index (χ0) is 10.8. The van der Waals surface area contributed by atoms with Crippen LogP contribution in [0.15, 0.2) is 4.73 Å². The standard InChI is InChI=1S/C8H15BrN4O/c1-8(2,14-3)4-5-13-6(9)11-7(10)12-13/h4-5H2,1-3H3,(H2,10,12). The molecule has 2 N–H and O–H groups in total. The summed E-state index contributed by atoms with van der Waals surface area (Å²) in [5, 5.41) is 4.03. The molecule has 0 aliphatic carbocycles. The lowest BCUT2D eigenvalue weighted by atomic mass is 10.1. The maximum absolute atomic E-state index is 5.45. The maximum atomic E-state index is 5.45. The first kappa shape index (κ1) is 11.5. The third-order valence-corrected chi connectivity index (χ3v) is 2.71. The lowest BCUT2D eigenvalue weighted by Gasteiger charge is -2.22. The average molecular weight is 263 g/mol. The molecule has 14 heavy (non-hydrogen) atoms. The maximum Gasteiger partial charge on any atom is 0.240 e. The van der Waals surface area contributed by atoms with Gasteiger partial charge in [-0.3, -0.25) is 0 Å². The zero-order valence-corrected chi connectivity index (χ0v) is 10.2. The molecule has 0 saturated carbocycles. The van der Waals surface area contributed by atoms with Crippen LogP contribution >= 0.6 is 15.9 Å². The van der Waals surface area contributed by atoms with Crippen molar-refractivity contribution in [1.82, 2.24) is 14.8 Å². The number of ether oxygens (including phenoxy) is 1. The molecule has 0 saturated heterocycles. The summed E-state index contributed by atoms with van der Waals surface area (Å²) < 4.78 is 7.67. The SMILES string of the molecule is COC(C)(C)CCn1nc(N)nc1Br. The molecule has 0 aliphatic rings. The summed E-state index contributed by atoms with van der Waals surface area (Å²) in [6, 6.07) is 0. The number of rotatable bonds is 4. The zero-order valence-electron chi connectivity index (χ0n) is 8.62. The van der Waals surface area contributed by atoms with E-state index >= 15 is 0 Å². The Morgan fingerprint density at radius 2 is 2.21 bits per heavy atom. The Morgan fingerprint density at radius 1 is 1.57 bits per heavy atom. The van der Waals surface area contributed by atoms with Crippen LogP contribution in [-0.4, -0.2) is 27.5 Å². The van der Waals surface area contributed by atoms with Crippen LogP contribution in [0.25, 0.3) is 0 Å². The van der Waals surface area contributed by atoms with Gasteiger partial charge in [0.25, 0.3) is 0 Å². The fraction of sp³-hybridized carbons (Fsp3) is 0.750. The number of methoxy groups -OCH3 is 1. The summed E-state index contributed by atoms with van der Waals surface area (Å²) in [4.78, 5) is 3.94. The molecule has 0 amide bonds. The van der Waals surface area contributed by atoms with E-state index in [0.717, 1.165) is 13.0 Å². The number of anilines is 1. The number of hydrogen-bond acceptors (Lipinski definition) is 4. The van der Waals surface area contributed by atoms with Crippen molar-refractivity contribution in [2.75, 3.05) is 12.8 Å². The summed E-state index contributed by atoms with van der Waals surface area (Å²) in [5.74, 6) is 0.284. The average Bonchev–Trinajstić information content (AvgIpc) is 2.42. The van der Waals surface area contributed by atoms with Crippen molar-refractivity contribution in [2.45, 2.75) is 32.4 Å². The van der Waals surface area contributed by atoms with Gasteiger partial charge >= 0.3 is 0 Å². The topological polar surface area (TPSA) is 66.0 Å². The first-order valence-electron chi connectivity index (χ1n) is 4.35. The van der Waals surface area contributed by atoms with Crippen molar-refractivity contribution in [2.24, 2.45) is 0 Å². The van der Waals surface area contributed by atoms with E-state index in [2.05, 4.69) is 26.0 Å². The molecular weight excluding hydrogens is 248 g/mol. The molecule has 0 fully saturated rings. The molecule has 1 heterocycles. The van der Waals surface area contributed by atoms with E-state index < -0.39 is 0 Å². The van der Waals surface area contributed by atoms with Gasteiger partial charge in [0.15, 0.2) is 4.73 Å². The van der Waals surface area contributed by atoms with Gasteiger partial charge in [0.05, 0.1) is 5.60 Å². The molecule has 0 bridgehead atoms. The van der Waals surface area contributed by atoms with Crippen LogP contribution < -0.4 is 5.73 Å². The van der Waals surface area contributed by atoms with E-state index in [1.807, 2.05) is 13.8 Å². The third-order valence-electron chi connectivity index (χ3n) is 2.12. The second-order valence-electron chi connectivity index (χ2n) is 3.68. The molecule has 5 nitrogen and oxygen atoms in total. The monoisotopic (exact) mass is 262 g/mol. The first-order valence-corrected chi connectivity index (χ1v) is 5.15. The molecule has 1 aromatic rings. The van der Waals surface area contributed by atoms with Gasteiger partial charge in [-0.25, -0.2) is 4.68 Å². The molecule has 6 heteroatoms. The Labute approximate surface area is 91.8 Å². The highest BCUT2D eigenvalue weighted by Crippen LogP contribution is 2.16. The van der Waals surface area contributed by atoms with Crippen molar-refractivity contribution < 1.29 is 4.74 Å². The number of aromatic nitrogens is 3. The second kappa shape index (κ2) is 4.27. The van der Waals surface area contributed by atoms with Crippen LogP contribution in [0.4, 0.5) is 5.95 Å². The summed E-state index contributed by atoms with van der Waals surface area (Å²) in [6.45, 7) is 4.79. The number of nitrogen functional groups attached to an aromatic ring is 1. The van der Waals surface area contributed by atoms with Gasteiger partial charge in [-0.2, -0.15) is 4.98 Å². The molecule has 1 rings (SSSR count). The van der Waals surface area contributed by atoms with Crippen LogP contribution in [0.1, 0.15) is 20.3 Å². The van der Waals surface area contributed by atoms with Gasteiger partial charge in [0, 0.05) is 13.7 Å². The molecule has 0 atom stereocenters. The molecule has 0 aromatic carbocycles. The predicted molar refractivity (Wildman–Crippen MR) is 57.8 cm³/mol. The van der Waals surface area contributed by atoms with Crippen LogP contribution in [0.2, 0.25) is 0 Å². The van der Waals surface area contributed by atoms with Crippen LogP contribution in [0.3, 0.4) is 0 Å². The molecule has 0 unspecified atom stereocenters. The first-order chi connectivity index (χ1) is 6.44. The number of nitrogens with two attached hydrogens (primary N) is 1. The Balaban J connectivity index is 2.58. The highest BCUT2D eigenvalue weighted by Gasteiger charge is 2.17.